The molecule has 0 aliphatic carbocycles. The Hall–Kier alpha value is -2.00. The Labute approximate surface area is 128 Å². The fourth-order valence-electron chi connectivity index (χ4n) is 2.57. The standard InChI is InChI=1S/C17H16ClNO2/c1-10-2-3-11(8-15(10)19)16(20)9-13-7-14(18)6-12-4-5-21-17(12)13/h2-3,6-8H,4-5,9,19H2,1H3. The summed E-state index contributed by atoms with van der Waals surface area (Å²) < 4.78 is 5.63. The van der Waals surface area contributed by atoms with Gasteiger partial charge >= 0.3 is 0 Å². The molecule has 0 amide bonds. The molecule has 0 atom stereocenters. The highest BCUT2D eigenvalue weighted by Crippen LogP contribution is 2.33. The van der Waals surface area contributed by atoms with Gasteiger partial charge in [-0.1, -0.05) is 23.7 Å². The molecule has 0 unspecified atom stereocenters. The van der Waals surface area contributed by atoms with E-state index in [2.05, 4.69) is 0 Å². The van der Waals surface area contributed by atoms with Crippen molar-refractivity contribution in [1.82, 2.24) is 0 Å². The number of carbonyl (C=O) groups is 1. The van der Waals surface area contributed by atoms with E-state index in [4.69, 9.17) is 22.1 Å². The van der Waals surface area contributed by atoms with Crippen molar-refractivity contribution in [1.29, 1.82) is 0 Å². The summed E-state index contributed by atoms with van der Waals surface area (Å²) in [5.41, 5.74) is 10.0. The van der Waals surface area contributed by atoms with Gasteiger partial charge < -0.3 is 10.5 Å². The van der Waals surface area contributed by atoms with E-state index in [1.54, 1.807) is 18.2 Å². The van der Waals surface area contributed by atoms with Gasteiger partial charge in [0.2, 0.25) is 0 Å². The van der Waals surface area contributed by atoms with E-state index in [1.165, 1.54) is 0 Å². The van der Waals surface area contributed by atoms with Gasteiger partial charge in [0, 0.05) is 34.7 Å². The van der Waals surface area contributed by atoms with Gasteiger partial charge in [-0.3, -0.25) is 4.79 Å². The quantitative estimate of drug-likeness (QED) is 0.696. The summed E-state index contributed by atoms with van der Waals surface area (Å²) in [5.74, 6) is 0.828. The molecule has 3 nitrogen and oxygen atoms in total. The molecule has 0 fully saturated rings. The maximum atomic E-state index is 12.4. The molecule has 0 spiro atoms. The highest BCUT2D eigenvalue weighted by Gasteiger charge is 2.20. The molecule has 1 heterocycles. The third-order valence-corrected chi connectivity index (χ3v) is 4.00. The first-order valence-electron chi connectivity index (χ1n) is 6.88. The largest absolute Gasteiger partial charge is 0.493 e. The minimum absolute atomic E-state index is 0.0154. The van der Waals surface area contributed by atoms with Crippen LogP contribution in [0.2, 0.25) is 5.02 Å². The molecule has 0 aromatic heterocycles. The Morgan fingerprint density at radius 2 is 2.14 bits per heavy atom. The molecule has 2 N–H and O–H groups in total. The Morgan fingerprint density at radius 1 is 1.33 bits per heavy atom. The lowest BCUT2D eigenvalue weighted by molar-refractivity contribution is 0.0992. The fourth-order valence-corrected chi connectivity index (χ4v) is 2.83. The molecule has 0 saturated carbocycles. The number of rotatable bonds is 3. The first-order chi connectivity index (χ1) is 10.0. The van der Waals surface area contributed by atoms with Gasteiger partial charge in [0.05, 0.1) is 6.61 Å². The number of anilines is 1. The number of aryl methyl sites for hydroxylation is 1. The van der Waals surface area contributed by atoms with Crippen LogP contribution in [-0.4, -0.2) is 12.4 Å². The number of carbonyl (C=O) groups excluding carboxylic acids is 1. The minimum atomic E-state index is 0.0154. The van der Waals surface area contributed by atoms with Gasteiger partial charge in [0.1, 0.15) is 5.75 Å². The second kappa shape index (κ2) is 5.41. The highest BCUT2D eigenvalue weighted by atomic mass is 35.5. The Morgan fingerprint density at radius 3 is 2.90 bits per heavy atom. The first kappa shape index (κ1) is 14.0. The molecular formula is C17H16ClNO2. The number of nitrogen functional groups attached to an aromatic ring is 1. The van der Waals surface area contributed by atoms with Crippen LogP contribution in [0.15, 0.2) is 30.3 Å². The first-order valence-corrected chi connectivity index (χ1v) is 7.26. The minimum Gasteiger partial charge on any atom is -0.493 e. The summed E-state index contributed by atoms with van der Waals surface area (Å²) in [4.78, 5) is 12.4. The second-order valence-electron chi connectivity index (χ2n) is 5.32. The molecule has 3 rings (SSSR count). The van der Waals surface area contributed by atoms with Gasteiger partial charge in [0.15, 0.2) is 5.78 Å². The van der Waals surface area contributed by atoms with Gasteiger partial charge in [-0.2, -0.15) is 0 Å². The van der Waals surface area contributed by atoms with Crippen LogP contribution < -0.4 is 10.5 Å². The smallest absolute Gasteiger partial charge is 0.167 e. The average molecular weight is 302 g/mol. The van der Waals surface area contributed by atoms with E-state index < -0.39 is 0 Å². The highest BCUT2D eigenvalue weighted by molar-refractivity contribution is 6.30. The lowest BCUT2D eigenvalue weighted by Gasteiger charge is -2.09. The fraction of sp³-hybridized carbons (Fsp3) is 0.235. The van der Waals surface area contributed by atoms with Crippen molar-refractivity contribution < 1.29 is 9.53 Å². The number of ether oxygens (including phenoxy) is 1. The van der Waals surface area contributed by atoms with Crippen LogP contribution in [-0.2, 0) is 12.8 Å². The van der Waals surface area contributed by atoms with Crippen molar-refractivity contribution >= 4 is 23.1 Å². The Bertz CT molecular complexity index is 725. The lowest BCUT2D eigenvalue weighted by Crippen LogP contribution is -2.06. The van der Waals surface area contributed by atoms with Crippen LogP contribution in [0.1, 0.15) is 27.0 Å². The molecule has 0 saturated heterocycles. The molecule has 2 aromatic rings. The zero-order chi connectivity index (χ0) is 15.0. The zero-order valence-corrected chi connectivity index (χ0v) is 12.5. The van der Waals surface area contributed by atoms with Gasteiger partial charge in [-0.05, 0) is 36.2 Å². The molecule has 4 heteroatoms. The predicted molar refractivity (Wildman–Crippen MR) is 84.3 cm³/mol. The lowest BCUT2D eigenvalue weighted by atomic mass is 9.99. The Balaban J connectivity index is 1.90. The van der Waals surface area contributed by atoms with Crippen molar-refractivity contribution in [2.75, 3.05) is 12.3 Å². The molecule has 1 aliphatic rings. The number of Topliss-reactive ketones (excluding diaryl/α,β-unsaturated/α-hetero) is 1. The monoisotopic (exact) mass is 301 g/mol. The van der Waals surface area contributed by atoms with Crippen molar-refractivity contribution in [2.45, 2.75) is 19.8 Å². The number of fused-ring (bicyclic) bond motifs is 1. The number of hydrogen-bond donors (Lipinski definition) is 1. The van der Waals surface area contributed by atoms with E-state index in [1.807, 2.05) is 19.1 Å². The summed E-state index contributed by atoms with van der Waals surface area (Å²) in [6.45, 7) is 2.57. The summed E-state index contributed by atoms with van der Waals surface area (Å²) in [7, 11) is 0. The maximum Gasteiger partial charge on any atom is 0.167 e. The normalized spacial score (nSPS) is 12.9. The van der Waals surface area contributed by atoms with Crippen LogP contribution in [0.4, 0.5) is 5.69 Å². The zero-order valence-electron chi connectivity index (χ0n) is 11.8. The number of benzene rings is 2. The molecule has 0 bridgehead atoms. The molecule has 21 heavy (non-hydrogen) atoms. The average Bonchev–Trinajstić information content (AvgIpc) is 2.90. The summed E-state index contributed by atoms with van der Waals surface area (Å²) in [6.07, 6.45) is 1.11. The molecule has 1 aliphatic heterocycles. The van der Waals surface area contributed by atoms with Crippen molar-refractivity contribution in [3.63, 3.8) is 0 Å². The van der Waals surface area contributed by atoms with Crippen molar-refractivity contribution in [3.05, 3.63) is 57.6 Å². The predicted octanol–water partition coefficient (Wildman–Crippen LogP) is 3.59. The van der Waals surface area contributed by atoms with Crippen LogP contribution in [0.25, 0.3) is 0 Å². The number of ketones is 1. The third kappa shape index (κ3) is 2.74. The molecule has 0 radical (unpaired) electrons. The SMILES string of the molecule is Cc1ccc(C(=O)Cc2cc(Cl)cc3c2OCC3)cc1N. The van der Waals surface area contributed by atoms with Gasteiger partial charge in [0.25, 0.3) is 0 Å². The second-order valence-corrected chi connectivity index (χ2v) is 5.76. The topological polar surface area (TPSA) is 52.3 Å². The van der Waals surface area contributed by atoms with Gasteiger partial charge in [-0.15, -0.1) is 0 Å². The van der Waals surface area contributed by atoms with E-state index in [0.29, 0.717) is 22.9 Å². The van der Waals surface area contributed by atoms with Crippen molar-refractivity contribution in [3.8, 4) is 5.75 Å². The molecule has 108 valence electrons. The summed E-state index contributed by atoms with van der Waals surface area (Å²) in [5, 5.41) is 0.644. The summed E-state index contributed by atoms with van der Waals surface area (Å²) >= 11 is 6.12. The number of nitrogens with two attached hydrogens (primary N) is 1. The van der Waals surface area contributed by atoms with E-state index >= 15 is 0 Å². The molecular weight excluding hydrogens is 286 g/mol. The Kier molecular flexibility index (Phi) is 3.60. The third-order valence-electron chi connectivity index (χ3n) is 3.78. The van der Waals surface area contributed by atoms with E-state index in [-0.39, 0.29) is 12.2 Å². The summed E-state index contributed by atoms with van der Waals surface area (Å²) in [6, 6.07) is 9.10. The van der Waals surface area contributed by atoms with Crippen LogP contribution in [0.3, 0.4) is 0 Å². The van der Waals surface area contributed by atoms with E-state index in [9.17, 15) is 4.79 Å². The molecule has 2 aromatic carbocycles. The van der Waals surface area contributed by atoms with Crippen molar-refractivity contribution in [2.24, 2.45) is 0 Å². The van der Waals surface area contributed by atoms with Crippen LogP contribution >= 0.6 is 11.6 Å². The number of hydrogen-bond acceptors (Lipinski definition) is 3. The number of halogens is 1. The van der Waals surface area contributed by atoms with E-state index in [0.717, 1.165) is 28.9 Å². The maximum absolute atomic E-state index is 12.4. The van der Waals surface area contributed by atoms with Crippen LogP contribution in [0, 0.1) is 6.92 Å². The van der Waals surface area contributed by atoms with Crippen LogP contribution in [0.5, 0.6) is 5.75 Å². The van der Waals surface area contributed by atoms with Gasteiger partial charge in [-0.25, -0.2) is 0 Å².